The molecule has 0 aromatic carbocycles. The van der Waals surface area contributed by atoms with Crippen molar-refractivity contribution < 1.29 is 0 Å². The Balaban J connectivity index is 2.60. The molecule has 2 heteroatoms. The number of hydrogen-bond donors (Lipinski definition) is 1. The second-order valence-electron chi connectivity index (χ2n) is 6.65. The molecule has 108 valence electrons. The average molecular weight is 254 g/mol. The minimum absolute atomic E-state index is 0.276. The van der Waals surface area contributed by atoms with Crippen LogP contribution in [0.2, 0.25) is 0 Å². The van der Waals surface area contributed by atoms with Gasteiger partial charge in [0.25, 0.3) is 0 Å². The molecule has 1 aliphatic heterocycles. The quantitative estimate of drug-likeness (QED) is 0.695. The van der Waals surface area contributed by atoms with Crippen LogP contribution in [0.4, 0.5) is 0 Å². The lowest BCUT2D eigenvalue weighted by Crippen LogP contribution is -2.68. The van der Waals surface area contributed by atoms with Gasteiger partial charge in [0.1, 0.15) is 0 Å². The Labute approximate surface area is 115 Å². The third kappa shape index (κ3) is 3.96. The molecule has 0 amide bonds. The van der Waals surface area contributed by atoms with Gasteiger partial charge in [-0.15, -0.1) is 0 Å². The molecule has 1 fully saturated rings. The first-order valence-electron chi connectivity index (χ1n) is 8.00. The van der Waals surface area contributed by atoms with Gasteiger partial charge < -0.3 is 5.32 Å². The van der Waals surface area contributed by atoms with Gasteiger partial charge in [0.15, 0.2) is 0 Å². The van der Waals surface area contributed by atoms with E-state index in [1.807, 2.05) is 0 Å². The molecule has 1 rings (SSSR count). The molecule has 0 bridgehead atoms. The summed E-state index contributed by atoms with van der Waals surface area (Å²) < 4.78 is 0. The van der Waals surface area contributed by atoms with Crippen LogP contribution in [0.15, 0.2) is 0 Å². The van der Waals surface area contributed by atoms with Crippen molar-refractivity contribution >= 4 is 0 Å². The molecule has 18 heavy (non-hydrogen) atoms. The monoisotopic (exact) mass is 254 g/mol. The largest absolute Gasteiger partial charge is 0.309 e. The standard InChI is InChI=1S/C16H34N2/c1-6-9-10-11-12-18-14-15(4,5)17-13-16(18,7-2)8-3/h17H,6-14H2,1-5H3. The average Bonchev–Trinajstić information content (AvgIpc) is 2.35. The van der Waals surface area contributed by atoms with Crippen molar-refractivity contribution in [2.45, 2.75) is 84.2 Å². The predicted octanol–water partition coefficient (Wildman–Crippen LogP) is 3.81. The first-order chi connectivity index (χ1) is 8.49. The summed E-state index contributed by atoms with van der Waals surface area (Å²) >= 11 is 0. The van der Waals surface area contributed by atoms with E-state index < -0.39 is 0 Å². The number of nitrogens with zero attached hydrogens (tertiary/aromatic N) is 1. The van der Waals surface area contributed by atoms with Crippen molar-refractivity contribution in [1.82, 2.24) is 10.2 Å². The lowest BCUT2D eigenvalue weighted by Gasteiger charge is -2.52. The van der Waals surface area contributed by atoms with Crippen LogP contribution < -0.4 is 5.32 Å². The zero-order valence-corrected chi connectivity index (χ0v) is 13.3. The van der Waals surface area contributed by atoms with E-state index in [1.54, 1.807) is 0 Å². The Morgan fingerprint density at radius 3 is 2.22 bits per heavy atom. The van der Waals surface area contributed by atoms with Gasteiger partial charge in [-0.2, -0.15) is 0 Å². The molecule has 0 spiro atoms. The Morgan fingerprint density at radius 1 is 1.00 bits per heavy atom. The Bertz CT molecular complexity index is 231. The molecule has 1 heterocycles. The van der Waals surface area contributed by atoms with Crippen LogP contribution in [0.3, 0.4) is 0 Å². The van der Waals surface area contributed by atoms with Gasteiger partial charge in [0.2, 0.25) is 0 Å². The molecule has 0 aromatic heterocycles. The van der Waals surface area contributed by atoms with E-state index in [1.165, 1.54) is 51.6 Å². The van der Waals surface area contributed by atoms with Gasteiger partial charge in [-0.3, -0.25) is 4.90 Å². The van der Waals surface area contributed by atoms with E-state index in [0.717, 1.165) is 6.54 Å². The van der Waals surface area contributed by atoms with E-state index >= 15 is 0 Å². The highest BCUT2D eigenvalue weighted by molar-refractivity contribution is 5.00. The van der Waals surface area contributed by atoms with Gasteiger partial charge in [0, 0.05) is 24.2 Å². The van der Waals surface area contributed by atoms with Gasteiger partial charge in [-0.25, -0.2) is 0 Å². The SMILES string of the molecule is CCCCCCN1CC(C)(C)NCC1(CC)CC. The number of piperazine rings is 1. The molecular formula is C16H34N2. The summed E-state index contributed by atoms with van der Waals surface area (Å²) in [6.45, 7) is 15.3. The van der Waals surface area contributed by atoms with E-state index in [2.05, 4.69) is 44.8 Å². The number of hydrogen-bond acceptors (Lipinski definition) is 2. The van der Waals surface area contributed by atoms with Gasteiger partial charge in [-0.1, -0.05) is 40.0 Å². The summed E-state index contributed by atoms with van der Waals surface area (Å²) in [5.74, 6) is 0. The lowest BCUT2D eigenvalue weighted by atomic mass is 9.84. The Kier molecular flexibility index (Phi) is 6.13. The van der Waals surface area contributed by atoms with Crippen LogP contribution in [-0.2, 0) is 0 Å². The third-order valence-electron chi connectivity index (χ3n) is 4.75. The molecule has 2 nitrogen and oxygen atoms in total. The smallest absolute Gasteiger partial charge is 0.0329 e. The second-order valence-corrected chi connectivity index (χ2v) is 6.65. The van der Waals surface area contributed by atoms with E-state index in [-0.39, 0.29) is 5.54 Å². The van der Waals surface area contributed by atoms with Crippen LogP contribution in [-0.4, -0.2) is 35.6 Å². The summed E-state index contributed by atoms with van der Waals surface area (Å²) in [6, 6.07) is 0. The van der Waals surface area contributed by atoms with Crippen molar-refractivity contribution in [3.05, 3.63) is 0 Å². The summed E-state index contributed by atoms with van der Waals surface area (Å²) in [6.07, 6.45) is 8.01. The zero-order valence-electron chi connectivity index (χ0n) is 13.3. The van der Waals surface area contributed by atoms with Crippen LogP contribution in [0, 0.1) is 0 Å². The van der Waals surface area contributed by atoms with Crippen LogP contribution in [0.25, 0.3) is 0 Å². The molecule has 0 aromatic rings. The predicted molar refractivity (Wildman–Crippen MR) is 81.1 cm³/mol. The van der Waals surface area contributed by atoms with Crippen molar-refractivity contribution in [3.8, 4) is 0 Å². The van der Waals surface area contributed by atoms with Gasteiger partial charge in [-0.05, 0) is 39.7 Å². The van der Waals surface area contributed by atoms with E-state index in [9.17, 15) is 0 Å². The Morgan fingerprint density at radius 2 is 1.67 bits per heavy atom. The molecular weight excluding hydrogens is 220 g/mol. The van der Waals surface area contributed by atoms with Crippen LogP contribution in [0.1, 0.15) is 73.1 Å². The first kappa shape index (κ1) is 16.0. The number of rotatable bonds is 7. The minimum Gasteiger partial charge on any atom is -0.309 e. The number of nitrogens with one attached hydrogen (secondary N) is 1. The first-order valence-corrected chi connectivity index (χ1v) is 8.00. The highest BCUT2D eigenvalue weighted by atomic mass is 15.3. The molecule has 0 aliphatic carbocycles. The van der Waals surface area contributed by atoms with Crippen LogP contribution >= 0.6 is 0 Å². The fourth-order valence-corrected chi connectivity index (χ4v) is 3.21. The molecule has 0 unspecified atom stereocenters. The summed E-state index contributed by atoms with van der Waals surface area (Å²) in [5.41, 5.74) is 0.681. The molecule has 1 N–H and O–H groups in total. The minimum atomic E-state index is 0.276. The van der Waals surface area contributed by atoms with Crippen molar-refractivity contribution in [1.29, 1.82) is 0 Å². The zero-order chi connectivity index (χ0) is 13.6. The van der Waals surface area contributed by atoms with Crippen molar-refractivity contribution in [3.63, 3.8) is 0 Å². The third-order valence-corrected chi connectivity index (χ3v) is 4.75. The topological polar surface area (TPSA) is 15.3 Å². The fourth-order valence-electron chi connectivity index (χ4n) is 3.21. The number of unbranched alkanes of at least 4 members (excludes halogenated alkanes) is 3. The summed E-state index contributed by atoms with van der Waals surface area (Å²) in [7, 11) is 0. The molecule has 0 radical (unpaired) electrons. The maximum Gasteiger partial charge on any atom is 0.0329 e. The van der Waals surface area contributed by atoms with Crippen LogP contribution in [0.5, 0.6) is 0 Å². The van der Waals surface area contributed by atoms with Gasteiger partial charge in [0.05, 0.1) is 0 Å². The maximum atomic E-state index is 3.74. The van der Waals surface area contributed by atoms with E-state index in [0.29, 0.717) is 5.54 Å². The summed E-state index contributed by atoms with van der Waals surface area (Å²) in [4.78, 5) is 2.78. The second kappa shape index (κ2) is 6.91. The fraction of sp³-hybridized carbons (Fsp3) is 1.00. The lowest BCUT2D eigenvalue weighted by molar-refractivity contribution is 0.00779. The van der Waals surface area contributed by atoms with Crippen molar-refractivity contribution in [2.75, 3.05) is 19.6 Å². The molecule has 1 saturated heterocycles. The van der Waals surface area contributed by atoms with E-state index in [4.69, 9.17) is 0 Å². The highest BCUT2D eigenvalue weighted by Crippen LogP contribution is 2.30. The molecule has 0 saturated carbocycles. The molecule has 1 aliphatic rings. The highest BCUT2D eigenvalue weighted by Gasteiger charge is 2.41. The normalized spacial score (nSPS) is 23.2. The van der Waals surface area contributed by atoms with Gasteiger partial charge >= 0.3 is 0 Å². The Hall–Kier alpha value is -0.0800. The maximum absolute atomic E-state index is 3.74. The van der Waals surface area contributed by atoms with Crippen molar-refractivity contribution in [2.24, 2.45) is 0 Å². The molecule has 0 atom stereocenters. The summed E-state index contributed by atoms with van der Waals surface area (Å²) in [5, 5.41) is 3.74.